The Morgan fingerprint density at radius 2 is 2.00 bits per heavy atom. The fourth-order valence-electron chi connectivity index (χ4n) is 2.78. The maximum Gasteiger partial charge on any atom is 0.270 e. The number of nitro groups is 1. The number of nitro benzene ring substituents is 1. The first kappa shape index (κ1) is 16.6. The monoisotopic (exact) mass is 327 g/mol. The standard InChI is InChI=1S/C14H18N2O5S/c1-10-14(2,3)12-9-11(16(17)18)5-6-13(12)15(10)7-4-8-22(19,20)21/h5-6,9H,4,7-8H2,1-3H3/p+1. The zero-order chi connectivity index (χ0) is 16.7. The summed E-state index contributed by atoms with van der Waals surface area (Å²) < 4.78 is 32.5. The molecule has 1 heterocycles. The zero-order valence-corrected chi connectivity index (χ0v) is 13.6. The SMILES string of the molecule is CC1=[N+](CCCS(=O)(=O)O)c2ccc([N+](=O)[O-])cc2C1(C)C. The van der Waals surface area contributed by atoms with Gasteiger partial charge in [-0.1, -0.05) is 0 Å². The number of fused-ring (bicyclic) bond motifs is 1. The van der Waals surface area contributed by atoms with Crippen molar-refractivity contribution < 1.29 is 22.5 Å². The van der Waals surface area contributed by atoms with Crippen molar-refractivity contribution in [3.63, 3.8) is 0 Å². The van der Waals surface area contributed by atoms with E-state index in [1.807, 2.05) is 25.3 Å². The molecule has 120 valence electrons. The molecule has 0 fully saturated rings. The molecule has 0 saturated heterocycles. The summed E-state index contributed by atoms with van der Waals surface area (Å²) in [7, 11) is -3.98. The molecule has 8 heteroatoms. The molecule has 0 spiro atoms. The van der Waals surface area contributed by atoms with Gasteiger partial charge in [0.1, 0.15) is 6.54 Å². The van der Waals surface area contributed by atoms with Gasteiger partial charge in [0.2, 0.25) is 5.69 Å². The van der Waals surface area contributed by atoms with Gasteiger partial charge in [-0.25, -0.2) is 0 Å². The topological polar surface area (TPSA) is 101 Å². The Labute approximate surface area is 129 Å². The quantitative estimate of drug-likeness (QED) is 0.387. The number of hydrogen-bond donors (Lipinski definition) is 1. The van der Waals surface area contributed by atoms with Crippen LogP contribution >= 0.6 is 0 Å². The van der Waals surface area contributed by atoms with Gasteiger partial charge in [-0.15, -0.1) is 0 Å². The van der Waals surface area contributed by atoms with E-state index in [1.165, 1.54) is 6.07 Å². The van der Waals surface area contributed by atoms with Crippen molar-refractivity contribution in [2.45, 2.75) is 32.6 Å². The average Bonchev–Trinajstić information content (AvgIpc) is 2.58. The molecule has 1 aromatic carbocycles. The van der Waals surface area contributed by atoms with Crippen LogP contribution < -0.4 is 0 Å². The van der Waals surface area contributed by atoms with Gasteiger partial charge in [0.25, 0.3) is 15.8 Å². The Kier molecular flexibility index (Phi) is 4.09. The molecule has 7 nitrogen and oxygen atoms in total. The first-order valence-corrected chi connectivity index (χ1v) is 8.50. The summed E-state index contributed by atoms with van der Waals surface area (Å²) in [4.78, 5) is 10.5. The minimum atomic E-state index is -3.98. The lowest BCUT2D eigenvalue weighted by Crippen LogP contribution is -2.27. The average molecular weight is 327 g/mol. The van der Waals surface area contributed by atoms with Crippen molar-refractivity contribution in [3.05, 3.63) is 33.9 Å². The van der Waals surface area contributed by atoms with Crippen LogP contribution in [0.15, 0.2) is 18.2 Å². The van der Waals surface area contributed by atoms with Crippen molar-refractivity contribution in [2.75, 3.05) is 12.3 Å². The maximum atomic E-state index is 10.9. The predicted octanol–water partition coefficient (Wildman–Crippen LogP) is 2.27. The Hall–Kier alpha value is -1.80. The number of rotatable bonds is 5. The van der Waals surface area contributed by atoms with Gasteiger partial charge >= 0.3 is 0 Å². The predicted molar refractivity (Wildman–Crippen MR) is 82.6 cm³/mol. The lowest BCUT2D eigenvalue weighted by molar-refractivity contribution is -0.439. The molecular weight excluding hydrogens is 308 g/mol. The van der Waals surface area contributed by atoms with E-state index in [4.69, 9.17) is 4.55 Å². The highest BCUT2D eigenvalue weighted by Crippen LogP contribution is 2.41. The smallest absolute Gasteiger partial charge is 0.270 e. The third-order valence-corrected chi connectivity index (χ3v) is 5.05. The van der Waals surface area contributed by atoms with Crippen LogP contribution in [0.25, 0.3) is 0 Å². The first-order chi connectivity index (χ1) is 10.0. The van der Waals surface area contributed by atoms with Crippen LogP contribution in [0.5, 0.6) is 0 Å². The van der Waals surface area contributed by atoms with Gasteiger partial charge in [-0.3, -0.25) is 14.7 Å². The van der Waals surface area contributed by atoms with E-state index in [-0.39, 0.29) is 23.3 Å². The fourth-order valence-corrected chi connectivity index (χ4v) is 3.27. The molecule has 0 aliphatic carbocycles. The maximum absolute atomic E-state index is 10.9. The molecule has 22 heavy (non-hydrogen) atoms. The third kappa shape index (κ3) is 3.02. The van der Waals surface area contributed by atoms with Crippen molar-refractivity contribution in [3.8, 4) is 0 Å². The van der Waals surface area contributed by atoms with Gasteiger partial charge in [0.05, 0.1) is 16.1 Å². The van der Waals surface area contributed by atoms with Crippen molar-refractivity contribution in [2.24, 2.45) is 0 Å². The van der Waals surface area contributed by atoms with E-state index in [2.05, 4.69) is 0 Å². The normalized spacial score (nSPS) is 16.7. The van der Waals surface area contributed by atoms with E-state index in [9.17, 15) is 18.5 Å². The molecule has 0 radical (unpaired) electrons. The molecule has 0 saturated carbocycles. The molecule has 0 aromatic heterocycles. The Balaban J connectivity index is 2.37. The molecule has 1 aliphatic rings. The van der Waals surface area contributed by atoms with Crippen molar-refractivity contribution in [1.29, 1.82) is 0 Å². The first-order valence-electron chi connectivity index (χ1n) is 6.89. The van der Waals surface area contributed by atoms with Crippen LogP contribution in [0, 0.1) is 10.1 Å². The number of hydrogen-bond acceptors (Lipinski definition) is 4. The molecule has 1 aromatic rings. The van der Waals surface area contributed by atoms with Gasteiger partial charge < -0.3 is 0 Å². The Morgan fingerprint density at radius 3 is 2.55 bits per heavy atom. The molecule has 0 unspecified atom stereocenters. The summed E-state index contributed by atoms with van der Waals surface area (Å²) in [5.74, 6) is -0.306. The van der Waals surface area contributed by atoms with Crippen LogP contribution in [0.1, 0.15) is 32.8 Å². The van der Waals surface area contributed by atoms with Crippen LogP contribution in [-0.2, 0) is 15.5 Å². The molecular formula is C14H19N2O5S+. The lowest BCUT2D eigenvalue weighted by Gasteiger charge is -2.14. The van der Waals surface area contributed by atoms with Crippen molar-refractivity contribution in [1.82, 2.24) is 0 Å². The largest absolute Gasteiger partial charge is 0.286 e. The van der Waals surface area contributed by atoms with E-state index in [1.54, 1.807) is 12.1 Å². The van der Waals surface area contributed by atoms with Crippen LogP contribution in [-0.4, -0.2) is 40.5 Å². The van der Waals surface area contributed by atoms with Crippen LogP contribution in [0.3, 0.4) is 0 Å². The van der Waals surface area contributed by atoms with E-state index >= 15 is 0 Å². The number of nitrogens with zero attached hydrogens (tertiary/aromatic N) is 2. The van der Waals surface area contributed by atoms with E-state index in [0.29, 0.717) is 6.54 Å². The second-order valence-corrected chi connectivity index (χ2v) is 7.53. The lowest BCUT2D eigenvalue weighted by atomic mass is 9.82. The second kappa shape index (κ2) is 5.44. The second-order valence-electron chi connectivity index (χ2n) is 5.96. The highest BCUT2D eigenvalue weighted by Gasteiger charge is 2.43. The molecule has 1 aliphatic heterocycles. The van der Waals surface area contributed by atoms with Gasteiger partial charge in [0, 0.05) is 37.1 Å². The fraction of sp³-hybridized carbons (Fsp3) is 0.500. The summed E-state index contributed by atoms with van der Waals surface area (Å²) in [6.07, 6.45) is 0.280. The molecule has 0 amide bonds. The Morgan fingerprint density at radius 1 is 1.36 bits per heavy atom. The Bertz CT molecular complexity index is 765. The highest BCUT2D eigenvalue weighted by molar-refractivity contribution is 7.85. The zero-order valence-electron chi connectivity index (χ0n) is 12.7. The number of benzene rings is 1. The van der Waals surface area contributed by atoms with E-state index < -0.39 is 15.0 Å². The minimum Gasteiger partial charge on any atom is -0.286 e. The summed E-state index contributed by atoms with van der Waals surface area (Å²) in [5.41, 5.74) is 2.38. The molecule has 2 rings (SSSR count). The highest BCUT2D eigenvalue weighted by atomic mass is 32.2. The summed E-state index contributed by atoms with van der Waals surface area (Å²) in [5, 5.41) is 10.9. The van der Waals surface area contributed by atoms with Gasteiger partial charge in [-0.05, 0) is 13.8 Å². The third-order valence-electron chi connectivity index (χ3n) is 4.25. The van der Waals surface area contributed by atoms with E-state index in [0.717, 1.165) is 17.0 Å². The number of non-ortho nitro benzene ring substituents is 1. The molecule has 1 N–H and O–H groups in total. The van der Waals surface area contributed by atoms with Crippen molar-refractivity contribution >= 4 is 27.2 Å². The van der Waals surface area contributed by atoms with Crippen LogP contribution in [0.2, 0.25) is 0 Å². The summed E-state index contributed by atoms with van der Waals surface area (Å²) in [6, 6.07) is 4.71. The van der Waals surface area contributed by atoms with Gasteiger partial charge in [-0.2, -0.15) is 13.0 Å². The van der Waals surface area contributed by atoms with Crippen LogP contribution in [0.4, 0.5) is 11.4 Å². The van der Waals surface area contributed by atoms with Gasteiger partial charge in [0.15, 0.2) is 5.71 Å². The minimum absolute atomic E-state index is 0.0411. The summed E-state index contributed by atoms with van der Waals surface area (Å²) in [6.45, 7) is 6.32. The summed E-state index contributed by atoms with van der Waals surface area (Å²) >= 11 is 0. The molecule has 0 atom stereocenters. The molecule has 0 bridgehead atoms.